The molecule has 1 saturated heterocycles. The summed E-state index contributed by atoms with van der Waals surface area (Å²) in [6.45, 7) is 10.8. The highest BCUT2D eigenvalue weighted by Crippen LogP contribution is 2.35. The van der Waals surface area contributed by atoms with Crippen LogP contribution in [-0.4, -0.2) is 60.2 Å². The predicted molar refractivity (Wildman–Crippen MR) is 125 cm³/mol. The quantitative estimate of drug-likeness (QED) is 0.529. The summed E-state index contributed by atoms with van der Waals surface area (Å²) in [6, 6.07) is 3.87. The van der Waals surface area contributed by atoms with Gasteiger partial charge in [-0.15, -0.1) is 11.3 Å². The van der Waals surface area contributed by atoms with Gasteiger partial charge in [-0.25, -0.2) is 9.97 Å². The van der Waals surface area contributed by atoms with Crippen molar-refractivity contribution in [2.45, 2.75) is 27.2 Å². The SMILES string of the molecule is Cc1nc(C)c(C(=O)N(CCCN2CCOCC2)c2nc3c(C)c(Cl)ccc3s2)s1. The van der Waals surface area contributed by atoms with Gasteiger partial charge in [0.05, 0.1) is 34.1 Å². The van der Waals surface area contributed by atoms with Gasteiger partial charge < -0.3 is 4.74 Å². The number of hydrogen-bond donors (Lipinski definition) is 0. The van der Waals surface area contributed by atoms with Crippen molar-refractivity contribution >= 4 is 55.5 Å². The number of carbonyl (C=O) groups is 1. The maximum atomic E-state index is 13.5. The highest BCUT2D eigenvalue weighted by Gasteiger charge is 2.25. The summed E-state index contributed by atoms with van der Waals surface area (Å²) < 4.78 is 6.47. The van der Waals surface area contributed by atoms with Crippen LogP contribution in [-0.2, 0) is 4.74 Å². The summed E-state index contributed by atoms with van der Waals surface area (Å²) in [5.41, 5.74) is 2.59. The van der Waals surface area contributed by atoms with E-state index in [2.05, 4.69) is 9.88 Å². The molecule has 0 unspecified atom stereocenters. The molecule has 30 heavy (non-hydrogen) atoms. The van der Waals surface area contributed by atoms with Crippen LogP contribution in [0.25, 0.3) is 10.2 Å². The number of aryl methyl sites for hydroxylation is 3. The van der Waals surface area contributed by atoms with E-state index in [1.807, 2.05) is 37.8 Å². The topological polar surface area (TPSA) is 58.6 Å². The Balaban J connectivity index is 1.61. The molecule has 3 heterocycles. The number of hydrogen-bond acceptors (Lipinski definition) is 7. The van der Waals surface area contributed by atoms with Crippen LogP contribution in [0.2, 0.25) is 5.02 Å². The minimum absolute atomic E-state index is 0.0251. The second-order valence-electron chi connectivity index (χ2n) is 7.43. The lowest BCUT2D eigenvalue weighted by Crippen LogP contribution is -2.39. The molecule has 1 fully saturated rings. The first-order valence-corrected chi connectivity index (χ1v) is 12.1. The van der Waals surface area contributed by atoms with Crippen LogP contribution in [0.15, 0.2) is 12.1 Å². The Kier molecular flexibility index (Phi) is 6.69. The number of fused-ring (bicyclic) bond motifs is 1. The molecule has 0 atom stereocenters. The second kappa shape index (κ2) is 9.28. The number of aromatic nitrogens is 2. The molecule has 160 valence electrons. The number of morpholine rings is 1. The lowest BCUT2D eigenvalue weighted by molar-refractivity contribution is 0.0376. The number of benzene rings is 1. The molecule has 2 aromatic heterocycles. The first-order valence-electron chi connectivity index (χ1n) is 10.1. The van der Waals surface area contributed by atoms with Gasteiger partial charge in [0, 0.05) is 31.2 Å². The Morgan fingerprint density at radius 2 is 1.97 bits per heavy atom. The molecule has 1 aromatic carbocycles. The molecule has 0 aliphatic carbocycles. The van der Waals surface area contributed by atoms with E-state index in [9.17, 15) is 4.79 Å². The fourth-order valence-corrected chi connectivity index (χ4v) is 5.69. The summed E-state index contributed by atoms with van der Waals surface area (Å²) in [7, 11) is 0. The van der Waals surface area contributed by atoms with E-state index in [1.54, 1.807) is 0 Å². The molecule has 9 heteroatoms. The lowest BCUT2D eigenvalue weighted by atomic mass is 10.2. The van der Waals surface area contributed by atoms with E-state index >= 15 is 0 Å². The van der Waals surface area contributed by atoms with Crippen LogP contribution in [0.1, 0.15) is 32.4 Å². The van der Waals surface area contributed by atoms with Gasteiger partial charge in [0.1, 0.15) is 4.88 Å². The normalized spacial score (nSPS) is 15.1. The molecule has 1 amide bonds. The first kappa shape index (κ1) is 21.6. The summed E-state index contributed by atoms with van der Waals surface area (Å²) in [5.74, 6) is -0.0251. The molecule has 0 spiro atoms. The summed E-state index contributed by atoms with van der Waals surface area (Å²) >= 11 is 9.27. The van der Waals surface area contributed by atoms with Gasteiger partial charge in [-0.05, 0) is 44.9 Å². The number of nitrogens with zero attached hydrogens (tertiary/aromatic N) is 4. The fraction of sp³-hybridized carbons (Fsp3) is 0.476. The highest BCUT2D eigenvalue weighted by molar-refractivity contribution is 7.22. The van der Waals surface area contributed by atoms with E-state index in [0.717, 1.165) is 65.8 Å². The molecule has 6 nitrogen and oxygen atoms in total. The minimum atomic E-state index is -0.0251. The Hall–Kier alpha value is -1.58. The van der Waals surface area contributed by atoms with Crippen molar-refractivity contribution in [3.8, 4) is 0 Å². The summed E-state index contributed by atoms with van der Waals surface area (Å²) in [4.78, 5) is 27.6. The number of anilines is 1. The monoisotopic (exact) mass is 464 g/mol. The third-order valence-corrected chi connectivity index (χ3v) is 7.78. The van der Waals surface area contributed by atoms with Crippen molar-refractivity contribution in [2.75, 3.05) is 44.3 Å². The van der Waals surface area contributed by atoms with Gasteiger partial charge in [-0.3, -0.25) is 14.6 Å². The van der Waals surface area contributed by atoms with Crippen LogP contribution in [0, 0.1) is 20.8 Å². The standard InChI is InChI=1S/C21H25ClN4O2S2/c1-13-16(22)5-6-17-18(13)24-21(30-17)26(8-4-7-25-9-11-28-12-10-25)20(27)19-14(2)23-15(3)29-19/h5-6H,4,7-12H2,1-3H3. The average molecular weight is 465 g/mol. The van der Waals surface area contributed by atoms with Crippen molar-refractivity contribution < 1.29 is 9.53 Å². The Morgan fingerprint density at radius 1 is 1.20 bits per heavy atom. The zero-order chi connectivity index (χ0) is 21.3. The van der Waals surface area contributed by atoms with E-state index in [0.29, 0.717) is 21.6 Å². The Bertz CT molecular complexity index is 1060. The third kappa shape index (κ3) is 4.53. The number of halogens is 1. The van der Waals surface area contributed by atoms with Crippen LogP contribution in [0.3, 0.4) is 0 Å². The van der Waals surface area contributed by atoms with E-state index in [1.165, 1.54) is 22.7 Å². The van der Waals surface area contributed by atoms with Gasteiger partial charge in [-0.1, -0.05) is 22.9 Å². The molecule has 0 N–H and O–H groups in total. The van der Waals surface area contributed by atoms with Gasteiger partial charge in [0.25, 0.3) is 5.91 Å². The summed E-state index contributed by atoms with van der Waals surface area (Å²) in [6.07, 6.45) is 0.873. The minimum Gasteiger partial charge on any atom is -0.379 e. The van der Waals surface area contributed by atoms with Crippen LogP contribution >= 0.6 is 34.3 Å². The van der Waals surface area contributed by atoms with Crippen molar-refractivity contribution in [1.82, 2.24) is 14.9 Å². The number of ether oxygens (including phenoxy) is 1. The number of carbonyl (C=O) groups excluding carboxylic acids is 1. The molecule has 0 bridgehead atoms. The van der Waals surface area contributed by atoms with E-state index < -0.39 is 0 Å². The maximum Gasteiger partial charge on any atom is 0.272 e. The van der Waals surface area contributed by atoms with Crippen molar-refractivity contribution in [2.24, 2.45) is 0 Å². The predicted octanol–water partition coefficient (Wildman–Crippen LogP) is 4.70. The Morgan fingerprint density at radius 3 is 2.67 bits per heavy atom. The van der Waals surface area contributed by atoms with Gasteiger partial charge >= 0.3 is 0 Å². The lowest BCUT2D eigenvalue weighted by Gasteiger charge is -2.27. The van der Waals surface area contributed by atoms with Crippen molar-refractivity contribution in [3.63, 3.8) is 0 Å². The maximum absolute atomic E-state index is 13.5. The van der Waals surface area contributed by atoms with Crippen molar-refractivity contribution in [1.29, 1.82) is 0 Å². The molecule has 3 aromatic rings. The van der Waals surface area contributed by atoms with E-state index in [4.69, 9.17) is 21.3 Å². The van der Waals surface area contributed by atoms with Gasteiger partial charge in [-0.2, -0.15) is 0 Å². The molecule has 1 aliphatic rings. The number of thiazole rings is 2. The molecule has 1 aliphatic heterocycles. The third-order valence-electron chi connectivity index (χ3n) is 5.27. The van der Waals surface area contributed by atoms with E-state index in [-0.39, 0.29) is 5.91 Å². The smallest absolute Gasteiger partial charge is 0.272 e. The largest absolute Gasteiger partial charge is 0.379 e. The zero-order valence-electron chi connectivity index (χ0n) is 17.4. The van der Waals surface area contributed by atoms with Crippen LogP contribution < -0.4 is 4.90 Å². The molecule has 4 rings (SSSR count). The summed E-state index contributed by atoms with van der Waals surface area (Å²) in [5, 5.41) is 2.31. The van der Waals surface area contributed by atoms with Crippen molar-refractivity contribution in [3.05, 3.63) is 38.3 Å². The molecular formula is C21H25ClN4O2S2. The van der Waals surface area contributed by atoms with Gasteiger partial charge in [0.2, 0.25) is 0 Å². The zero-order valence-corrected chi connectivity index (χ0v) is 19.8. The number of rotatable bonds is 6. The first-order chi connectivity index (χ1) is 14.4. The average Bonchev–Trinajstić information content (AvgIpc) is 3.31. The Labute approximate surface area is 189 Å². The molecule has 0 saturated carbocycles. The van der Waals surface area contributed by atoms with Gasteiger partial charge in [0.15, 0.2) is 5.13 Å². The fourth-order valence-electron chi connectivity index (χ4n) is 3.62. The highest BCUT2D eigenvalue weighted by atomic mass is 35.5. The molecular weight excluding hydrogens is 440 g/mol. The molecule has 0 radical (unpaired) electrons. The van der Waals surface area contributed by atoms with Crippen LogP contribution in [0.4, 0.5) is 5.13 Å². The number of amides is 1. The second-order valence-corrected chi connectivity index (χ2v) is 10.0. The van der Waals surface area contributed by atoms with Crippen LogP contribution in [0.5, 0.6) is 0 Å².